The molecule has 0 aliphatic carbocycles. The lowest BCUT2D eigenvalue weighted by Gasteiger charge is -2.27. The molecule has 1 heterocycles. The van der Waals surface area contributed by atoms with Crippen molar-refractivity contribution < 1.29 is 13.2 Å². The molecule has 29 heavy (non-hydrogen) atoms. The first-order valence-corrected chi connectivity index (χ1v) is 11.3. The van der Waals surface area contributed by atoms with E-state index in [1.807, 2.05) is 42.5 Å². The molecule has 0 unspecified atom stereocenters. The Morgan fingerprint density at radius 2 is 1.52 bits per heavy atom. The minimum Gasteiger partial charge on any atom is -0.311 e. The average Bonchev–Trinajstić information content (AvgIpc) is 2.78. The Kier molecular flexibility index (Phi) is 5.39. The van der Waals surface area contributed by atoms with Crippen molar-refractivity contribution in [1.82, 2.24) is 4.31 Å². The van der Waals surface area contributed by atoms with Gasteiger partial charge in [-0.1, -0.05) is 48.9 Å². The zero-order chi connectivity index (χ0) is 20.4. The van der Waals surface area contributed by atoms with Gasteiger partial charge < -0.3 is 4.90 Å². The minimum absolute atomic E-state index is 0.0829. The molecule has 1 amide bonds. The van der Waals surface area contributed by atoms with Crippen molar-refractivity contribution >= 4 is 32.4 Å². The molecule has 5 nitrogen and oxygen atoms in total. The predicted octanol–water partition coefficient (Wildman–Crippen LogP) is 4.29. The number of hydrogen-bond acceptors (Lipinski definition) is 3. The average molecular weight is 409 g/mol. The highest BCUT2D eigenvalue weighted by atomic mass is 32.2. The van der Waals surface area contributed by atoms with Crippen LogP contribution in [0.5, 0.6) is 0 Å². The maximum Gasteiger partial charge on any atom is 0.259 e. The van der Waals surface area contributed by atoms with Gasteiger partial charge in [-0.2, -0.15) is 4.31 Å². The van der Waals surface area contributed by atoms with E-state index < -0.39 is 10.0 Å². The summed E-state index contributed by atoms with van der Waals surface area (Å²) in [7, 11) is -2.02. The highest BCUT2D eigenvalue weighted by Gasteiger charge is 2.30. The van der Waals surface area contributed by atoms with Crippen molar-refractivity contribution in [3.05, 3.63) is 72.3 Å². The van der Waals surface area contributed by atoms with Crippen LogP contribution < -0.4 is 4.90 Å². The summed E-state index contributed by atoms with van der Waals surface area (Å²) in [5.74, 6) is -0.337. The van der Waals surface area contributed by atoms with Crippen molar-refractivity contribution in [3.63, 3.8) is 0 Å². The van der Waals surface area contributed by atoms with Crippen LogP contribution in [0.15, 0.2) is 71.6 Å². The van der Waals surface area contributed by atoms with Crippen LogP contribution in [0, 0.1) is 0 Å². The zero-order valence-electron chi connectivity index (χ0n) is 16.4. The molecule has 3 aromatic rings. The van der Waals surface area contributed by atoms with Gasteiger partial charge in [-0.05, 0) is 47.9 Å². The van der Waals surface area contributed by atoms with Crippen molar-refractivity contribution in [3.8, 4) is 0 Å². The van der Waals surface area contributed by atoms with Crippen LogP contribution in [0.4, 0.5) is 5.69 Å². The molecule has 0 N–H and O–H groups in total. The van der Waals surface area contributed by atoms with E-state index >= 15 is 0 Å². The van der Waals surface area contributed by atoms with E-state index in [2.05, 4.69) is 0 Å². The lowest BCUT2D eigenvalue weighted by molar-refractivity contribution is 0.0989. The summed E-state index contributed by atoms with van der Waals surface area (Å²) >= 11 is 0. The van der Waals surface area contributed by atoms with E-state index in [1.54, 1.807) is 25.2 Å². The number of carbonyl (C=O) groups is 1. The van der Waals surface area contributed by atoms with Crippen LogP contribution in [0.1, 0.15) is 29.6 Å². The molecular weight excluding hydrogens is 384 g/mol. The number of sulfonamides is 1. The first kappa shape index (κ1) is 19.6. The summed E-state index contributed by atoms with van der Waals surface area (Å²) in [4.78, 5) is 14.9. The SMILES string of the molecule is CN(C(=O)c1ccccc1S(=O)(=O)N1CCCCC1)c1ccc2ccccc2c1. The van der Waals surface area contributed by atoms with E-state index in [9.17, 15) is 13.2 Å². The highest BCUT2D eigenvalue weighted by Crippen LogP contribution is 2.27. The number of nitrogens with zero attached hydrogens (tertiary/aromatic N) is 2. The van der Waals surface area contributed by atoms with E-state index in [4.69, 9.17) is 0 Å². The molecule has 0 atom stereocenters. The smallest absolute Gasteiger partial charge is 0.259 e. The Labute approximate surface area is 171 Å². The maximum absolute atomic E-state index is 13.3. The van der Waals surface area contributed by atoms with Gasteiger partial charge in [0.15, 0.2) is 0 Å². The van der Waals surface area contributed by atoms with Crippen LogP contribution in [0.3, 0.4) is 0 Å². The second-order valence-electron chi connectivity index (χ2n) is 7.36. The van der Waals surface area contributed by atoms with E-state index in [1.165, 1.54) is 15.3 Å². The fourth-order valence-corrected chi connectivity index (χ4v) is 5.50. The molecule has 1 aliphatic rings. The summed E-state index contributed by atoms with van der Waals surface area (Å²) in [6.07, 6.45) is 2.75. The largest absolute Gasteiger partial charge is 0.311 e. The maximum atomic E-state index is 13.3. The third kappa shape index (κ3) is 3.78. The van der Waals surface area contributed by atoms with Gasteiger partial charge in [0.05, 0.1) is 10.5 Å². The van der Waals surface area contributed by atoms with Crippen molar-refractivity contribution in [1.29, 1.82) is 0 Å². The van der Waals surface area contributed by atoms with Gasteiger partial charge in [0.25, 0.3) is 5.91 Å². The normalized spacial score (nSPS) is 15.3. The van der Waals surface area contributed by atoms with E-state index in [0.29, 0.717) is 13.1 Å². The number of anilines is 1. The molecular formula is C23H24N2O3S. The lowest BCUT2D eigenvalue weighted by Crippen LogP contribution is -2.37. The summed E-state index contributed by atoms with van der Waals surface area (Å²) in [6, 6.07) is 20.2. The molecule has 0 bridgehead atoms. The molecule has 0 aromatic heterocycles. The third-order valence-electron chi connectivity index (χ3n) is 5.48. The molecule has 0 spiro atoms. The molecule has 150 valence electrons. The van der Waals surface area contributed by atoms with Gasteiger partial charge in [0, 0.05) is 25.8 Å². The molecule has 1 saturated heterocycles. The van der Waals surface area contributed by atoms with Crippen LogP contribution in [-0.4, -0.2) is 38.8 Å². The number of hydrogen-bond donors (Lipinski definition) is 0. The number of amides is 1. The number of benzene rings is 3. The second kappa shape index (κ2) is 7.97. The van der Waals surface area contributed by atoms with Crippen LogP contribution in [0.2, 0.25) is 0 Å². The Bertz CT molecular complexity index is 1150. The van der Waals surface area contributed by atoms with Gasteiger partial charge in [-0.15, -0.1) is 0 Å². The van der Waals surface area contributed by atoms with E-state index in [-0.39, 0.29) is 16.4 Å². The molecule has 1 fully saturated rings. The number of carbonyl (C=O) groups excluding carboxylic acids is 1. The summed E-state index contributed by atoms with van der Waals surface area (Å²) in [6.45, 7) is 1.01. The minimum atomic E-state index is -3.70. The predicted molar refractivity (Wildman–Crippen MR) is 116 cm³/mol. The van der Waals surface area contributed by atoms with Crippen molar-refractivity contribution in [2.45, 2.75) is 24.2 Å². The molecule has 0 saturated carbocycles. The Morgan fingerprint density at radius 1 is 0.862 bits per heavy atom. The Hall–Kier alpha value is -2.70. The second-order valence-corrected chi connectivity index (χ2v) is 9.26. The van der Waals surface area contributed by atoms with Crippen LogP contribution in [0.25, 0.3) is 10.8 Å². The van der Waals surface area contributed by atoms with E-state index in [0.717, 1.165) is 35.7 Å². The molecule has 4 rings (SSSR count). The number of piperidine rings is 1. The van der Waals surface area contributed by atoms with Crippen molar-refractivity contribution in [2.75, 3.05) is 25.0 Å². The fourth-order valence-electron chi connectivity index (χ4n) is 3.80. The summed E-state index contributed by atoms with van der Waals surface area (Å²) in [5, 5.41) is 2.11. The monoisotopic (exact) mass is 408 g/mol. The first-order chi connectivity index (χ1) is 14.0. The van der Waals surface area contributed by atoms with Crippen LogP contribution in [-0.2, 0) is 10.0 Å². The number of fused-ring (bicyclic) bond motifs is 1. The van der Waals surface area contributed by atoms with Crippen molar-refractivity contribution in [2.24, 2.45) is 0 Å². The quantitative estimate of drug-likeness (QED) is 0.647. The topological polar surface area (TPSA) is 57.7 Å². The fraction of sp³-hybridized carbons (Fsp3) is 0.261. The first-order valence-electron chi connectivity index (χ1n) is 9.84. The van der Waals surface area contributed by atoms with Gasteiger partial charge in [0.2, 0.25) is 10.0 Å². The summed E-state index contributed by atoms with van der Waals surface area (Å²) < 4.78 is 27.9. The molecule has 0 radical (unpaired) electrons. The summed E-state index contributed by atoms with van der Waals surface area (Å²) in [5.41, 5.74) is 0.924. The Balaban J connectivity index is 1.70. The number of rotatable bonds is 4. The van der Waals surface area contributed by atoms with Gasteiger partial charge >= 0.3 is 0 Å². The zero-order valence-corrected chi connectivity index (χ0v) is 17.2. The van der Waals surface area contributed by atoms with Gasteiger partial charge in [-0.3, -0.25) is 4.79 Å². The van der Waals surface area contributed by atoms with Crippen LogP contribution >= 0.6 is 0 Å². The lowest BCUT2D eigenvalue weighted by atomic mass is 10.1. The van der Waals surface area contributed by atoms with Gasteiger partial charge in [-0.25, -0.2) is 8.42 Å². The highest BCUT2D eigenvalue weighted by molar-refractivity contribution is 7.89. The molecule has 1 aliphatic heterocycles. The Morgan fingerprint density at radius 3 is 2.28 bits per heavy atom. The molecule has 3 aromatic carbocycles. The van der Waals surface area contributed by atoms with Gasteiger partial charge in [0.1, 0.15) is 0 Å². The molecule has 6 heteroatoms. The third-order valence-corrected chi connectivity index (χ3v) is 7.43. The standard InChI is InChI=1S/C23H24N2O3S/c1-24(20-14-13-18-9-3-4-10-19(18)17-20)23(26)21-11-5-6-12-22(21)29(27,28)25-15-7-2-8-16-25/h3-6,9-14,17H,2,7-8,15-16H2,1H3.